The van der Waals surface area contributed by atoms with E-state index in [1.807, 2.05) is 27.9 Å². The lowest BCUT2D eigenvalue weighted by atomic mass is 10.4. The molecule has 0 saturated carbocycles. The lowest BCUT2D eigenvalue weighted by Gasteiger charge is -2.14. The molecule has 116 valence electrons. The molecule has 0 unspecified atom stereocenters. The second-order valence-electron chi connectivity index (χ2n) is 5.01. The largest absolute Gasteiger partial charge is 0.511 e. The van der Waals surface area contributed by atoms with E-state index in [-0.39, 0.29) is 22.5 Å². The van der Waals surface area contributed by atoms with Gasteiger partial charge in [0.25, 0.3) is 0 Å². The summed E-state index contributed by atoms with van der Waals surface area (Å²) in [5.41, 5.74) is 0. The first-order valence-corrected chi connectivity index (χ1v) is 7.31. The van der Waals surface area contributed by atoms with Gasteiger partial charge >= 0.3 is 0 Å². The van der Waals surface area contributed by atoms with Crippen molar-refractivity contribution in [3.8, 4) is 0 Å². The molecule has 2 N–H and O–H groups in total. The molecule has 1 rings (SSSR count). The molecule has 0 aliphatic carbocycles. The van der Waals surface area contributed by atoms with Crippen LogP contribution >= 0.6 is 11.8 Å². The molecule has 0 aliphatic rings. The number of carbonyl (C=O) groups is 1. The number of anilines is 2. The highest BCUT2D eigenvalue weighted by molar-refractivity contribution is 8.03. The van der Waals surface area contributed by atoms with Gasteiger partial charge in [-0.2, -0.15) is 15.0 Å². The van der Waals surface area contributed by atoms with Gasteiger partial charge in [0.05, 0.1) is 4.91 Å². The third-order valence-corrected chi connectivity index (χ3v) is 3.41. The van der Waals surface area contributed by atoms with Crippen molar-refractivity contribution in [3.63, 3.8) is 0 Å². The molecular weight excluding hydrogens is 290 g/mol. The molecule has 1 aromatic heterocycles. The van der Waals surface area contributed by atoms with E-state index in [9.17, 15) is 9.90 Å². The van der Waals surface area contributed by atoms with Crippen molar-refractivity contribution in [3.05, 3.63) is 10.7 Å². The standard InChI is InChI=1S/C13H21N5O2S/c1-7(2)14-11-15-12(18(5)6)17-13(16-11)21-10(8(3)19)9(4)20/h7,19H,1-6H3,(H,14,15,16,17)/b10-8-. The van der Waals surface area contributed by atoms with Crippen LogP contribution in [0.15, 0.2) is 15.8 Å². The van der Waals surface area contributed by atoms with Crippen molar-refractivity contribution in [2.75, 3.05) is 24.3 Å². The average Bonchev–Trinajstić information content (AvgIpc) is 2.33. The summed E-state index contributed by atoms with van der Waals surface area (Å²) in [7, 11) is 3.64. The van der Waals surface area contributed by atoms with Gasteiger partial charge in [0.15, 0.2) is 10.9 Å². The third kappa shape index (κ3) is 5.22. The highest BCUT2D eigenvalue weighted by Gasteiger charge is 2.15. The Kier molecular flexibility index (Phi) is 5.95. The van der Waals surface area contributed by atoms with Gasteiger partial charge in [-0.15, -0.1) is 0 Å². The van der Waals surface area contributed by atoms with Crippen LogP contribution in [0.25, 0.3) is 0 Å². The summed E-state index contributed by atoms with van der Waals surface area (Å²) in [6.07, 6.45) is 0. The number of thioether (sulfide) groups is 1. The smallest absolute Gasteiger partial charge is 0.230 e. The maximum Gasteiger partial charge on any atom is 0.230 e. The summed E-state index contributed by atoms with van der Waals surface area (Å²) in [6.45, 7) is 6.81. The SMILES string of the molecule is CC(=O)/C(Sc1nc(NC(C)C)nc(N(C)C)n1)=C(\C)O. The Balaban J connectivity index is 3.19. The van der Waals surface area contributed by atoms with Crippen LogP contribution in [0.5, 0.6) is 0 Å². The van der Waals surface area contributed by atoms with Gasteiger partial charge in [-0.25, -0.2) is 0 Å². The summed E-state index contributed by atoms with van der Waals surface area (Å²) in [5, 5.41) is 13.0. The Hall–Kier alpha value is -1.83. The summed E-state index contributed by atoms with van der Waals surface area (Å²) in [4.78, 5) is 26.3. The number of nitrogens with one attached hydrogen (secondary N) is 1. The van der Waals surface area contributed by atoms with E-state index in [1.165, 1.54) is 13.8 Å². The van der Waals surface area contributed by atoms with Gasteiger partial charge in [0.2, 0.25) is 11.9 Å². The fourth-order valence-electron chi connectivity index (χ4n) is 1.41. The second kappa shape index (κ2) is 7.26. The van der Waals surface area contributed by atoms with E-state index in [1.54, 1.807) is 4.90 Å². The molecule has 21 heavy (non-hydrogen) atoms. The first kappa shape index (κ1) is 17.2. The first-order chi connectivity index (χ1) is 9.70. The van der Waals surface area contributed by atoms with E-state index in [0.29, 0.717) is 17.1 Å². The maximum atomic E-state index is 11.5. The highest BCUT2D eigenvalue weighted by atomic mass is 32.2. The molecule has 0 spiro atoms. The maximum absolute atomic E-state index is 11.5. The number of nitrogens with zero attached hydrogens (tertiary/aromatic N) is 4. The zero-order chi connectivity index (χ0) is 16.2. The van der Waals surface area contributed by atoms with E-state index in [2.05, 4.69) is 20.3 Å². The zero-order valence-corrected chi connectivity index (χ0v) is 13.9. The van der Waals surface area contributed by atoms with E-state index in [4.69, 9.17) is 0 Å². The van der Waals surface area contributed by atoms with Gasteiger partial charge in [-0.05, 0) is 39.5 Å². The van der Waals surface area contributed by atoms with Gasteiger partial charge in [-0.1, -0.05) is 0 Å². The third-order valence-electron chi connectivity index (χ3n) is 2.26. The minimum atomic E-state index is -0.231. The number of aromatic nitrogens is 3. The van der Waals surface area contributed by atoms with E-state index < -0.39 is 0 Å². The Labute approximate surface area is 128 Å². The van der Waals surface area contributed by atoms with Gasteiger partial charge in [0.1, 0.15) is 5.76 Å². The normalized spacial score (nSPS) is 12.1. The summed E-state index contributed by atoms with van der Waals surface area (Å²) in [6, 6.07) is 0.169. The van der Waals surface area contributed by atoms with Crippen molar-refractivity contribution < 1.29 is 9.90 Å². The van der Waals surface area contributed by atoms with Crippen molar-refractivity contribution in [2.45, 2.75) is 38.9 Å². The van der Waals surface area contributed by atoms with Gasteiger partial charge in [-0.3, -0.25) is 4.79 Å². The van der Waals surface area contributed by atoms with Crippen LogP contribution in [0.3, 0.4) is 0 Å². The molecule has 0 atom stereocenters. The topological polar surface area (TPSA) is 91.2 Å². The van der Waals surface area contributed by atoms with Crippen LogP contribution in [0, 0.1) is 0 Å². The van der Waals surface area contributed by atoms with E-state index >= 15 is 0 Å². The van der Waals surface area contributed by atoms with Gasteiger partial charge in [0, 0.05) is 20.1 Å². The van der Waals surface area contributed by atoms with Crippen LogP contribution in [0.4, 0.5) is 11.9 Å². The van der Waals surface area contributed by atoms with Crippen molar-refractivity contribution in [1.29, 1.82) is 0 Å². The molecule has 0 fully saturated rings. The van der Waals surface area contributed by atoms with Crippen molar-refractivity contribution in [1.82, 2.24) is 15.0 Å². The van der Waals surface area contributed by atoms with E-state index in [0.717, 1.165) is 11.8 Å². The van der Waals surface area contributed by atoms with Crippen molar-refractivity contribution >= 4 is 29.4 Å². The molecule has 0 aromatic carbocycles. The number of Topliss-reactive ketones (excluding diaryl/α,β-unsaturated/α-hetero) is 1. The fraction of sp³-hybridized carbons (Fsp3) is 0.538. The molecule has 0 saturated heterocycles. The molecule has 0 bridgehead atoms. The highest BCUT2D eigenvalue weighted by Crippen LogP contribution is 2.27. The Bertz CT molecular complexity index is 553. The molecule has 1 aromatic rings. The summed E-state index contributed by atoms with van der Waals surface area (Å²) in [5.74, 6) is 0.640. The number of rotatable bonds is 6. The number of carbonyl (C=O) groups excluding carboxylic acids is 1. The number of hydrogen-bond acceptors (Lipinski definition) is 8. The number of hydrogen-bond donors (Lipinski definition) is 2. The second-order valence-corrected chi connectivity index (χ2v) is 5.99. The van der Waals surface area contributed by atoms with Crippen LogP contribution in [-0.2, 0) is 4.79 Å². The lowest BCUT2D eigenvalue weighted by Crippen LogP contribution is -2.18. The molecule has 1 heterocycles. The lowest BCUT2D eigenvalue weighted by molar-refractivity contribution is -0.113. The zero-order valence-electron chi connectivity index (χ0n) is 13.1. The molecule has 0 amide bonds. The Morgan fingerprint density at radius 2 is 1.86 bits per heavy atom. The predicted molar refractivity (Wildman–Crippen MR) is 84.8 cm³/mol. The average molecular weight is 311 g/mol. The van der Waals surface area contributed by atoms with Crippen LogP contribution in [0.2, 0.25) is 0 Å². The molecule has 0 radical (unpaired) electrons. The Morgan fingerprint density at radius 1 is 1.24 bits per heavy atom. The van der Waals surface area contributed by atoms with Gasteiger partial charge < -0.3 is 15.3 Å². The fourth-order valence-corrected chi connectivity index (χ4v) is 2.14. The Morgan fingerprint density at radius 3 is 2.29 bits per heavy atom. The monoisotopic (exact) mass is 311 g/mol. The minimum absolute atomic E-state index is 0.0438. The van der Waals surface area contributed by atoms with Crippen LogP contribution in [-0.4, -0.2) is 46.0 Å². The quantitative estimate of drug-likeness (QED) is 0.469. The van der Waals surface area contributed by atoms with Crippen LogP contribution in [0.1, 0.15) is 27.7 Å². The number of ketones is 1. The first-order valence-electron chi connectivity index (χ1n) is 6.49. The van der Waals surface area contributed by atoms with Crippen LogP contribution < -0.4 is 10.2 Å². The molecule has 7 nitrogen and oxygen atoms in total. The molecule has 8 heteroatoms. The number of aliphatic hydroxyl groups is 1. The minimum Gasteiger partial charge on any atom is -0.511 e. The predicted octanol–water partition coefficient (Wildman–Crippen LogP) is 2.23. The summed E-state index contributed by atoms with van der Waals surface area (Å²) >= 11 is 1.03. The number of aliphatic hydroxyl groups excluding tert-OH is 1. The number of allylic oxidation sites excluding steroid dienone is 2. The van der Waals surface area contributed by atoms with Crippen molar-refractivity contribution in [2.24, 2.45) is 0 Å². The summed E-state index contributed by atoms with van der Waals surface area (Å²) < 4.78 is 0. The molecular formula is C13H21N5O2S. The molecule has 0 aliphatic heterocycles.